The van der Waals surface area contributed by atoms with Crippen LogP contribution in [0.5, 0.6) is 0 Å². The average Bonchev–Trinajstić information content (AvgIpc) is 3.88. The number of amides is 1. The van der Waals surface area contributed by atoms with Gasteiger partial charge in [0, 0.05) is 36.7 Å². The van der Waals surface area contributed by atoms with E-state index < -0.39 is 4.92 Å². The van der Waals surface area contributed by atoms with Gasteiger partial charge in [-0.1, -0.05) is 49.7 Å². The Labute approximate surface area is 278 Å². The van der Waals surface area contributed by atoms with E-state index in [1.807, 2.05) is 36.4 Å². The molecule has 0 radical (unpaired) electrons. The Morgan fingerprint density at radius 2 is 1.88 bits per heavy atom. The first-order valence-electron chi connectivity index (χ1n) is 15.8. The third-order valence-corrected chi connectivity index (χ3v) is 8.35. The summed E-state index contributed by atoms with van der Waals surface area (Å²) < 4.78 is 6.87. The van der Waals surface area contributed by atoms with Crippen molar-refractivity contribution in [2.45, 2.75) is 39.5 Å². The number of anilines is 2. The molecule has 0 saturated heterocycles. The van der Waals surface area contributed by atoms with Crippen molar-refractivity contribution < 1.29 is 14.3 Å². The summed E-state index contributed by atoms with van der Waals surface area (Å²) >= 11 is 0. The van der Waals surface area contributed by atoms with E-state index in [0.717, 1.165) is 64.1 Å². The molecule has 0 unspecified atom stereocenters. The highest BCUT2D eigenvalue weighted by atomic mass is 16.6. The zero-order chi connectivity index (χ0) is 33.9. The maximum Gasteiger partial charge on any atom is 0.300 e. The van der Waals surface area contributed by atoms with E-state index in [-0.39, 0.29) is 35.6 Å². The number of carbonyl (C=O) groups is 1. The summed E-state index contributed by atoms with van der Waals surface area (Å²) in [6.45, 7) is 4.45. The summed E-state index contributed by atoms with van der Waals surface area (Å²) in [4.78, 5) is 28.8. The highest BCUT2D eigenvalue weighted by Crippen LogP contribution is 2.37. The number of imidazole rings is 1. The minimum atomic E-state index is -0.548. The second kappa shape index (κ2) is 13.3. The molecule has 3 heterocycles. The molecule has 0 fully saturated rings. The molecular formula is C34H31N11O4. The monoisotopic (exact) mass is 657 g/mol. The van der Waals surface area contributed by atoms with E-state index >= 15 is 0 Å². The molecule has 0 aliphatic rings. The molecule has 0 aliphatic heterocycles. The van der Waals surface area contributed by atoms with Gasteiger partial charge >= 0.3 is 5.69 Å². The molecule has 0 saturated carbocycles. The van der Waals surface area contributed by atoms with Crippen LogP contribution in [0.15, 0.2) is 77.4 Å². The van der Waals surface area contributed by atoms with Crippen molar-refractivity contribution in [1.82, 2.24) is 40.5 Å². The fourth-order valence-electron chi connectivity index (χ4n) is 6.01. The lowest BCUT2D eigenvalue weighted by Gasteiger charge is -2.18. The molecule has 0 bridgehead atoms. The Kier molecular flexibility index (Phi) is 8.45. The molecule has 49 heavy (non-hydrogen) atoms. The SMILES string of the molecule is CCCCc1nc2ccc(NC(=O)CCNc3ccc([N+](=O)[O-])c4nonc34)cc2n1-c1ccc(-c2ccccc2)c(-c2nn[nH]n2)c1C. The summed E-state index contributed by atoms with van der Waals surface area (Å²) in [5.74, 6) is 1.19. The Balaban J connectivity index is 1.19. The predicted molar refractivity (Wildman–Crippen MR) is 183 cm³/mol. The fourth-order valence-corrected chi connectivity index (χ4v) is 6.01. The summed E-state index contributed by atoms with van der Waals surface area (Å²) in [7, 11) is 0. The van der Waals surface area contributed by atoms with Gasteiger partial charge in [-0.15, -0.1) is 10.2 Å². The van der Waals surface area contributed by atoms with Crippen LogP contribution in [-0.4, -0.2) is 57.9 Å². The third kappa shape index (κ3) is 6.04. The number of benzene rings is 4. The number of carbonyl (C=O) groups excluding carboxylic acids is 1. The zero-order valence-electron chi connectivity index (χ0n) is 26.7. The van der Waals surface area contributed by atoms with Crippen LogP contribution >= 0.6 is 0 Å². The second-order valence-electron chi connectivity index (χ2n) is 11.5. The fraction of sp³-hybridized carbons (Fsp3) is 0.206. The second-order valence-corrected chi connectivity index (χ2v) is 11.5. The van der Waals surface area contributed by atoms with E-state index in [2.05, 4.69) is 84.3 Å². The van der Waals surface area contributed by atoms with Gasteiger partial charge in [0.2, 0.25) is 17.2 Å². The van der Waals surface area contributed by atoms with Gasteiger partial charge in [-0.2, -0.15) is 5.21 Å². The first-order chi connectivity index (χ1) is 23.9. The van der Waals surface area contributed by atoms with Crippen molar-refractivity contribution in [1.29, 1.82) is 0 Å². The number of fused-ring (bicyclic) bond motifs is 2. The molecule has 0 atom stereocenters. The van der Waals surface area contributed by atoms with E-state index in [1.165, 1.54) is 12.1 Å². The number of nitrogens with one attached hydrogen (secondary N) is 3. The van der Waals surface area contributed by atoms with Gasteiger partial charge in [0.05, 0.1) is 27.3 Å². The van der Waals surface area contributed by atoms with E-state index in [9.17, 15) is 14.9 Å². The third-order valence-electron chi connectivity index (χ3n) is 8.35. The average molecular weight is 658 g/mol. The van der Waals surface area contributed by atoms with Gasteiger partial charge in [-0.25, -0.2) is 9.61 Å². The lowest BCUT2D eigenvalue weighted by molar-refractivity contribution is -0.383. The minimum absolute atomic E-state index is 0.0389. The number of aryl methyl sites for hydroxylation is 1. The maximum absolute atomic E-state index is 13.1. The first kappa shape index (κ1) is 31.1. The number of H-pyrrole nitrogens is 1. The number of aromatic amines is 1. The van der Waals surface area contributed by atoms with Crippen molar-refractivity contribution in [3.05, 3.63) is 94.3 Å². The van der Waals surface area contributed by atoms with Crippen LogP contribution in [0, 0.1) is 17.0 Å². The summed E-state index contributed by atoms with van der Waals surface area (Å²) in [6, 6.07) is 22.8. The number of rotatable bonds is 12. The standard InChI is InChI=1S/C34H31N11O4/c1-3-4-10-29-37-24-13-11-22(36-30(46)17-18-35-25-14-16-27(45(47)48)33-32(25)40-49-41-33)19-28(24)44(29)26-15-12-23(21-8-6-5-7-9-21)31(20(26)2)34-38-42-43-39-34/h5-9,11-16,19,35H,3-4,10,17-18H2,1-2H3,(H,36,46)(H,38,39,42,43). The predicted octanol–water partition coefficient (Wildman–Crippen LogP) is 6.41. The Hall–Kier alpha value is -6.51. The molecule has 7 rings (SSSR count). The van der Waals surface area contributed by atoms with Gasteiger partial charge in [0.1, 0.15) is 5.82 Å². The number of aromatic nitrogens is 8. The van der Waals surface area contributed by atoms with Crippen LogP contribution in [0.1, 0.15) is 37.6 Å². The molecule has 0 spiro atoms. The molecule has 3 aromatic heterocycles. The van der Waals surface area contributed by atoms with Crippen LogP contribution in [0.25, 0.3) is 50.3 Å². The molecule has 7 aromatic rings. The van der Waals surface area contributed by atoms with Crippen molar-refractivity contribution in [2.24, 2.45) is 0 Å². The minimum Gasteiger partial charge on any atom is -0.383 e. The quantitative estimate of drug-likeness (QED) is 0.0970. The van der Waals surface area contributed by atoms with Gasteiger partial charge in [0.25, 0.3) is 0 Å². The summed E-state index contributed by atoms with van der Waals surface area (Å²) in [6.07, 6.45) is 2.87. The molecule has 3 N–H and O–H groups in total. The first-order valence-corrected chi connectivity index (χ1v) is 15.8. The number of hydrogen-bond acceptors (Lipinski definition) is 11. The van der Waals surface area contributed by atoms with Crippen LogP contribution in [0.3, 0.4) is 0 Å². The smallest absolute Gasteiger partial charge is 0.300 e. The van der Waals surface area contributed by atoms with Gasteiger partial charge in [-0.3, -0.25) is 19.5 Å². The van der Waals surface area contributed by atoms with Crippen LogP contribution < -0.4 is 10.6 Å². The normalized spacial score (nSPS) is 11.3. The number of hydrogen-bond donors (Lipinski definition) is 3. The van der Waals surface area contributed by atoms with Crippen LogP contribution in [0.4, 0.5) is 17.1 Å². The molecule has 4 aromatic carbocycles. The zero-order valence-corrected chi connectivity index (χ0v) is 26.7. The molecular weight excluding hydrogens is 626 g/mol. The lowest BCUT2D eigenvalue weighted by Crippen LogP contribution is -2.16. The maximum atomic E-state index is 13.1. The van der Waals surface area contributed by atoms with Gasteiger partial charge < -0.3 is 10.6 Å². The number of non-ortho nitro benzene ring substituents is 1. The number of tetrazole rings is 1. The molecule has 15 heteroatoms. The topological polar surface area (TPSA) is 195 Å². The van der Waals surface area contributed by atoms with E-state index in [4.69, 9.17) is 9.61 Å². The van der Waals surface area contributed by atoms with Crippen LogP contribution in [0.2, 0.25) is 0 Å². The Bertz CT molecular complexity index is 2300. The van der Waals surface area contributed by atoms with Gasteiger partial charge in [0.15, 0.2) is 5.52 Å². The van der Waals surface area contributed by atoms with E-state index in [1.54, 1.807) is 0 Å². The highest BCUT2D eigenvalue weighted by Gasteiger charge is 2.22. The van der Waals surface area contributed by atoms with Gasteiger partial charge in [-0.05, 0) is 75.9 Å². The van der Waals surface area contributed by atoms with Crippen molar-refractivity contribution >= 4 is 45.0 Å². The largest absolute Gasteiger partial charge is 0.383 e. The molecule has 15 nitrogen and oxygen atoms in total. The van der Waals surface area contributed by atoms with Crippen molar-refractivity contribution in [2.75, 3.05) is 17.2 Å². The Morgan fingerprint density at radius 3 is 2.65 bits per heavy atom. The number of unbranched alkanes of at least 4 members (excludes halogenated alkanes) is 1. The lowest BCUT2D eigenvalue weighted by atomic mass is 9.94. The highest BCUT2D eigenvalue weighted by molar-refractivity contribution is 5.95. The number of nitrogens with zero attached hydrogens (tertiary/aromatic N) is 8. The van der Waals surface area contributed by atoms with E-state index in [0.29, 0.717) is 17.2 Å². The molecule has 1 amide bonds. The van der Waals surface area contributed by atoms with Crippen molar-refractivity contribution in [3.8, 4) is 28.2 Å². The molecule has 0 aliphatic carbocycles. The Morgan fingerprint density at radius 1 is 1.04 bits per heavy atom. The summed E-state index contributed by atoms with van der Waals surface area (Å²) in [5, 5.41) is 39.9. The molecule has 246 valence electrons. The van der Waals surface area contributed by atoms with Crippen LogP contribution in [-0.2, 0) is 11.2 Å². The summed E-state index contributed by atoms with van der Waals surface area (Å²) in [5.41, 5.74) is 7.59. The van der Waals surface area contributed by atoms with Crippen molar-refractivity contribution in [3.63, 3.8) is 0 Å². The number of nitro groups is 1. The number of nitro benzene ring substituents is 1.